The van der Waals surface area contributed by atoms with Crippen LogP contribution in [0.1, 0.15) is 37.1 Å². The van der Waals surface area contributed by atoms with Crippen LogP contribution in [0, 0.1) is 25.5 Å². The summed E-state index contributed by atoms with van der Waals surface area (Å²) in [4.78, 5) is 24.8. The first-order chi connectivity index (χ1) is 14.1. The molecule has 2 aromatic heterocycles. The van der Waals surface area contributed by atoms with Gasteiger partial charge in [0.25, 0.3) is 5.91 Å². The third-order valence-corrected chi connectivity index (χ3v) is 6.85. The van der Waals surface area contributed by atoms with Crippen molar-refractivity contribution in [2.45, 2.75) is 30.7 Å². The maximum Gasteiger partial charge on any atom is 0.271 e. The summed E-state index contributed by atoms with van der Waals surface area (Å²) in [6, 6.07) is 2.17. The molecule has 0 bridgehead atoms. The first kappa shape index (κ1) is 21.9. The Morgan fingerprint density at radius 2 is 1.93 bits per heavy atom. The van der Waals surface area contributed by atoms with E-state index in [4.69, 9.17) is 5.73 Å². The molecule has 3 rings (SSSR count). The number of rotatable bonds is 6. The van der Waals surface area contributed by atoms with Crippen molar-refractivity contribution in [2.24, 2.45) is 5.73 Å². The van der Waals surface area contributed by atoms with Crippen LogP contribution in [-0.2, 0) is 16.4 Å². The van der Waals surface area contributed by atoms with E-state index in [0.717, 1.165) is 22.1 Å². The summed E-state index contributed by atoms with van der Waals surface area (Å²) in [7, 11) is -4.27. The van der Waals surface area contributed by atoms with Crippen LogP contribution < -0.4 is 11.1 Å². The fourth-order valence-electron chi connectivity index (χ4n) is 2.57. The van der Waals surface area contributed by atoms with E-state index in [9.17, 15) is 22.0 Å². The average molecular weight is 453 g/mol. The molecule has 1 unspecified atom stereocenters. The smallest absolute Gasteiger partial charge is 0.271 e. The third kappa shape index (κ3) is 4.50. The summed E-state index contributed by atoms with van der Waals surface area (Å²) in [5, 5.41) is 1.87. The summed E-state index contributed by atoms with van der Waals surface area (Å²) >= 11 is 1.44. The summed E-state index contributed by atoms with van der Waals surface area (Å²) < 4.78 is 51.9. The molecule has 0 saturated carbocycles. The highest BCUT2D eigenvalue weighted by Gasteiger charge is 2.30. The van der Waals surface area contributed by atoms with Crippen molar-refractivity contribution in [3.63, 3.8) is 0 Å². The van der Waals surface area contributed by atoms with E-state index >= 15 is 0 Å². The molecule has 0 spiro atoms. The van der Waals surface area contributed by atoms with E-state index in [1.165, 1.54) is 18.3 Å². The highest BCUT2D eigenvalue weighted by atomic mass is 32.2. The van der Waals surface area contributed by atoms with Crippen molar-refractivity contribution in [2.75, 3.05) is 0 Å². The topological polar surface area (TPSA) is 128 Å². The Balaban J connectivity index is 1.79. The zero-order valence-electron chi connectivity index (χ0n) is 15.9. The van der Waals surface area contributed by atoms with Crippen LogP contribution in [0.15, 0.2) is 35.5 Å². The predicted molar refractivity (Wildman–Crippen MR) is 105 cm³/mol. The molecular weight excluding hydrogens is 436 g/mol. The van der Waals surface area contributed by atoms with Gasteiger partial charge in [0.1, 0.15) is 5.69 Å². The lowest BCUT2D eigenvalue weighted by Crippen LogP contribution is -2.27. The van der Waals surface area contributed by atoms with Gasteiger partial charge in [-0.25, -0.2) is 27.2 Å². The second kappa shape index (κ2) is 8.50. The molecule has 2 heterocycles. The molecule has 0 aliphatic rings. The normalized spacial score (nSPS) is 12.6. The van der Waals surface area contributed by atoms with Crippen LogP contribution >= 0.6 is 11.3 Å². The Morgan fingerprint density at radius 3 is 2.53 bits per heavy atom. The number of halogens is 2. The van der Waals surface area contributed by atoms with Crippen LogP contribution in [0.3, 0.4) is 0 Å². The van der Waals surface area contributed by atoms with Crippen molar-refractivity contribution < 1.29 is 22.0 Å². The van der Waals surface area contributed by atoms with Gasteiger partial charge in [-0.15, -0.1) is 11.3 Å². The van der Waals surface area contributed by atoms with Gasteiger partial charge >= 0.3 is 0 Å². The quantitative estimate of drug-likeness (QED) is 0.548. The molecule has 0 fully saturated rings. The lowest BCUT2D eigenvalue weighted by molar-refractivity contribution is 0.0945. The van der Waals surface area contributed by atoms with Gasteiger partial charge in [-0.1, -0.05) is 0 Å². The number of thiazole rings is 1. The molecule has 3 aromatic rings. The minimum Gasteiger partial charge on any atom is -0.346 e. The molecule has 0 aliphatic carbocycles. The number of sulfone groups is 1. The molecule has 0 radical (unpaired) electrons. The Morgan fingerprint density at radius 1 is 1.20 bits per heavy atom. The number of hydrogen-bond acceptors (Lipinski definition) is 8. The number of amides is 1. The molecule has 0 saturated heterocycles. The van der Waals surface area contributed by atoms with E-state index in [1.54, 1.807) is 6.20 Å². The van der Waals surface area contributed by atoms with E-state index in [0.29, 0.717) is 12.1 Å². The molecule has 30 heavy (non-hydrogen) atoms. The molecule has 0 aliphatic heterocycles. The summed E-state index contributed by atoms with van der Waals surface area (Å²) in [5.41, 5.74) is 5.84. The summed E-state index contributed by atoms with van der Waals surface area (Å²) in [5.74, 6) is -2.99. The zero-order valence-corrected chi connectivity index (χ0v) is 17.5. The lowest BCUT2D eigenvalue weighted by Gasteiger charge is -2.15. The summed E-state index contributed by atoms with van der Waals surface area (Å²) in [6.07, 6.45) is 2.76. The number of carbonyl (C=O) groups is 1. The minimum atomic E-state index is -4.27. The second-order valence-electron chi connectivity index (χ2n) is 6.30. The summed E-state index contributed by atoms with van der Waals surface area (Å²) in [6.45, 7) is 3.56. The maximum atomic E-state index is 13.4. The number of nitrogens with one attached hydrogen (secondary N) is 1. The van der Waals surface area contributed by atoms with E-state index in [2.05, 4.69) is 20.3 Å². The first-order valence-electron chi connectivity index (χ1n) is 8.57. The van der Waals surface area contributed by atoms with Crippen molar-refractivity contribution in [1.29, 1.82) is 0 Å². The van der Waals surface area contributed by atoms with Crippen molar-refractivity contribution in [1.82, 2.24) is 20.3 Å². The molecule has 12 heteroatoms. The first-order valence-corrected chi connectivity index (χ1v) is 10.9. The fourth-order valence-corrected chi connectivity index (χ4v) is 4.65. The molecule has 3 N–H and O–H groups in total. The predicted octanol–water partition coefficient (Wildman–Crippen LogP) is 2.19. The van der Waals surface area contributed by atoms with Gasteiger partial charge in [0.15, 0.2) is 26.8 Å². The van der Waals surface area contributed by atoms with Gasteiger partial charge in [-0.2, -0.15) is 0 Å². The highest BCUT2D eigenvalue weighted by molar-refractivity contribution is 7.91. The Bertz CT molecular complexity index is 1210. The largest absolute Gasteiger partial charge is 0.346 e. The van der Waals surface area contributed by atoms with Gasteiger partial charge in [0.2, 0.25) is 0 Å². The molecule has 158 valence electrons. The van der Waals surface area contributed by atoms with Gasteiger partial charge in [-0.3, -0.25) is 9.78 Å². The van der Waals surface area contributed by atoms with Crippen molar-refractivity contribution in [3.8, 4) is 0 Å². The van der Waals surface area contributed by atoms with Crippen molar-refractivity contribution in [3.05, 3.63) is 69.2 Å². The Kier molecular flexibility index (Phi) is 6.19. The zero-order chi connectivity index (χ0) is 22.1. The number of hydrogen-bond donors (Lipinski definition) is 2. The van der Waals surface area contributed by atoms with Crippen LogP contribution in [0.25, 0.3) is 0 Å². The van der Waals surface area contributed by atoms with E-state index < -0.39 is 37.6 Å². The molecule has 1 amide bonds. The molecule has 1 atom stereocenters. The number of aromatic nitrogens is 3. The average Bonchev–Trinajstić information content (AvgIpc) is 3.12. The highest BCUT2D eigenvalue weighted by Crippen LogP contribution is 2.26. The number of nitrogens with two attached hydrogens (primary N) is 1. The van der Waals surface area contributed by atoms with Crippen LogP contribution in [0.5, 0.6) is 0 Å². The van der Waals surface area contributed by atoms with Gasteiger partial charge in [0.05, 0.1) is 34.0 Å². The van der Waals surface area contributed by atoms with E-state index in [-0.39, 0.29) is 23.6 Å². The fraction of sp³-hybridized carbons (Fsp3) is 0.222. The van der Waals surface area contributed by atoms with Gasteiger partial charge in [-0.05, 0) is 32.0 Å². The standard InChI is InChI=1S/C18H17F2N5O3S2/c1-9-16(17(21)30(27,28)12-3-4-13(19)14(20)5-12)23-8-15(25-9)18(26)24-7-11-6-22-10(2)29-11/h3-6,8,17H,7,21H2,1-2H3,(H,24,26). The molecule has 1 aromatic carbocycles. The number of benzene rings is 1. The van der Waals surface area contributed by atoms with Crippen LogP contribution in [-0.4, -0.2) is 29.3 Å². The SMILES string of the molecule is Cc1ncc(CNC(=O)c2cnc(C(N)S(=O)(=O)c3ccc(F)c(F)c3)c(C)n2)s1. The second-order valence-corrected chi connectivity index (χ2v) is 9.68. The Hall–Kier alpha value is -2.83. The maximum absolute atomic E-state index is 13.4. The minimum absolute atomic E-state index is 0.0186. The van der Waals surface area contributed by atoms with Crippen LogP contribution in [0.4, 0.5) is 8.78 Å². The third-order valence-electron chi connectivity index (χ3n) is 4.13. The Labute approximate surface area is 175 Å². The lowest BCUT2D eigenvalue weighted by atomic mass is 10.3. The number of nitrogens with zero attached hydrogens (tertiary/aromatic N) is 3. The monoisotopic (exact) mass is 453 g/mol. The van der Waals surface area contributed by atoms with Crippen LogP contribution in [0.2, 0.25) is 0 Å². The molecular formula is C18H17F2N5O3S2. The number of aryl methyl sites for hydroxylation is 2. The van der Waals surface area contributed by atoms with Crippen molar-refractivity contribution >= 4 is 27.1 Å². The van der Waals surface area contributed by atoms with Gasteiger partial charge in [0, 0.05) is 11.1 Å². The number of carbonyl (C=O) groups excluding carboxylic acids is 1. The van der Waals surface area contributed by atoms with Gasteiger partial charge < -0.3 is 11.1 Å². The van der Waals surface area contributed by atoms with E-state index in [1.807, 2.05) is 6.92 Å². The molecule has 8 nitrogen and oxygen atoms in total.